The number of esters is 1. The molecule has 0 aromatic rings. The van der Waals surface area contributed by atoms with Crippen molar-refractivity contribution in [3.8, 4) is 0 Å². The number of carbonyl (C=O) groups is 2. The fourth-order valence-corrected chi connectivity index (χ4v) is 7.92. The van der Waals surface area contributed by atoms with E-state index in [0.717, 1.165) is 25.7 Å². The SMILES string of the molecule is C=C1C[C@@]23CC[C@H]4[C@@](C)(CC[C@@H](OC(C)=O)[C@@]4(C)C(=O)O)[C@@H]2CC[C@@H]1C3. The number of carboxylic acids is 1. The van der Waals surface area contributed by atoms with E-state index >= 15 is 0 Å². The van der Waals surface area contributed by atoms with Gasteiger partial charge in [0.1, 0.15) is 11.5 Å². The van der Waals surface area contributed by atoms with Crippen molar-refractivity contribution in [3.63, 3.8) is 0 Å². The zero-order chi connectivity index (χ0) is 18.9. The van der Waals surface area contributed by atoms with Crippen molar-refractivity contribution in [2.24, 2.45) is 34.0 Å². The van der Waals surface area contributed by atoms with Crippen LogP contribution in [0.1, 0.15) is 72.1 Å². The van der Waals surface area contributed by atoms with Gasteiger partial charge in [-0.1, -0.05) is 19.1 Å². The zero-order valence-corrected chi connectivity index (χ0v) is 16.3. The predicted molar refractivity (Wildman–Crippen MR) is 98.4 cm³/mol. The smallest absolute Gasteiger partial charge is 0.313 e. The Kier molecular flexibility index (Phi) is 3.88. The van der Waals surface area contributed by atoms with Crippen LogP contribution in [0.5, 0.6) is 0 Å². The predicted octanol–water partition coefficient (Wildman–Crippen LogP) is 4.58. The molecule has 1 N–H and O–H groups in total. The number of carboxylic acid groups (broad SMARTS) is 1. The van der Waals surface area contributed by atoms with E-state index in [1.165, 1.54) is 31.8 Å². The summed E-state index contributed by atoms with van der Waals surface area (Å²) in [6, 6.07) is 0. The van der Waals surface area contributed by atoms with E-state index < -0.39 is 17.5 Å². The van der Waals surface area contributed by atoms with Gasteiger partial charge >= 0.3 is 11.9 Å². The van der Waals surface area contributed by atoms with Crippen molar-refractivity contribution in [2.45, 2.75) is 78.2 Å². The van der Waals surface area contributed by atoms with E-state index in [1.807, 2.05) is 6.92 Å². The Morgan fingerprint density at radius 3 is 2.50 bits per heavy atom. The van der Waals surface area contributed by atoms with Crippen molar-refractivity contribution >= 4 is 11.9 Å². The second-order valence-electron chi connectivity index (χ2n) is 10.1. The number of hydrogen-bond donors (Lipinski definition) is 1. The molecule has 4 fully saturated rings. The third-order valence-corrected chi connectivity index (χ3v) is 8.98. The highest BCUT2D eigenvalue weighted by atomic mass is 16.5. The van der Waals surface area contributed by atoms with Crippen molar-refractivity contribution in [1.82, 2.24) is 0 Å². The standard InChI is InChI=1S/C22H32O4/c1-13-11-22-10-7-16-20(3,17(22)6-5-15(13)12-22)9-8-18(26-14(2)23)21(16,4)19(24)25/h15-18H,1,5-12H2,2-4H3,(H,24,25)/t15-,16+,17+,18-,20-,21+,22-/m1/s1. The molecule has 4 nitrogen and oxygen atoms in total. The van der Waals surface area contributed by atoms with Crippen LogP contribution in [-0.2, 0) is 14.3 Å². The first kappa shape index (κ1) is 18.1. The summed E-state index contributed by atoms with van der Waals surface area (Å²) in [5.41, 5.74) is 0.799. The Morgan fingerprint density at radius 1 is 1.12 bits per heavy atom. The lowest BCUT2D eigenvalue weighted by atomic mass is 9.40. The second kappa shape index (κ2) is 5.59. The fraction of sp³-hybridized carbons (Fsp3) is 0.818. The molecule has 0 aliphatic heterocycles. The summed E-state index contributed by atoms with van der Waals surface area (Å²) in [6.45, 7) is 9.92. The van der Waals surface area contributed by atoms with Crippen molar-refractivity contribution in [1.29, 1.82) is 0 Å². The summed E-state index contributed by atoms with van der Waals surface area (Å²) in [6.07, 6.45) is 7.94. The van der Waals surface area contributed by atoms with Crippen molar-refractivity contribution in [3.05, 3.63) is 12.2 Å². The molecule has 26 heavy (non-hydrogen) atoms. The minimum absolute atomic E-state index is 0.0115. The van der Waals surface area contributed by atoms with Crippen LogP contribution >= 0.6 is 0 Å². The summed E-state index contributed by atoms with van der Waals surface area (Å²) >= 11 is 0. The van der Waals surface area contributed by atoms with Gasteiger partial charge in [0.2, 0.25) is 0 Å². The number of ether oxygens (including phenoxy) is 1. The van der Waals surface area contributed by atoms with E-state index in [9.17, 15) is 14.7 Å². The maximum atomic E-state index is 12.4. The minimum atomic E-state index is -0.993. The summed E-state index contributed by atoms with van der Waals surface area (Å²) in [5.74, 6) is 0.147. The van der Waals surface area contributed by atoms with Gasteiger partial charge in [-0.05, 0) is 86.9 Å². The normalized spacial score (nSPS) is 49.9. The molecule has 0 aromatic carbocycles. The summed E-state index contributed by atoms with van der Waals surface area (Å²) in [4.78, 5) is 24.0. The molecule has 0 radical (unpaired) electrons. The average molecular weight is 360 g/mol. The van der Waals surface area contributed by atoms with E-state index in [0.29, 0.717) is 23.7 Å². The molecule has 0 saturated heterocycles. The molecule has 4 saturated carbocycles. The summed E-state index contributed by atoms with van der Waals surface area (Å²) in [5, 5.41) is 10.2. The lowest BCUT2D eigenvalue weighted by Crippen LogP contribution is -2.63. The molecule has 7 atom stereocenters. The lowest BCUT2D eigenvalue weighted by Gasteiger charge is -2.64. The molecular weight excluding hydrogens is 328 g/mol. The van der Waals surface area contributed by atoms with Gasteiger partial charge in [-0.3, -0.25) is 9.59 Å². The molecule has 4 aliphatic carbocycles. The van der Waals surface area contributed by atoms with Crippen LogP contribution in [-0.4, -0.2) is 23.1 Å². The first-order chi connectivity index (χ1) is 12.1. The van der Waals surface area contributed by atoms with Gasteiger partial charge in [0.05, 0.1) is 0 Å². The van der Waals surface area contributed by atoms with Gasteiger partial charge < -0.3 is 9.84 Å². The highest BCUT2D eigenvalue weighted by molar-refractivity contribution is 5.77. The minimum Gasteiger partial charge on any atom is -0.481 e. The van der Waals surface area contributed by atoms with Crippen LogP contribution in [0.4, 0.5) is 0 Å². The molecule has 4 heteroatoms. The Morgan fingerprint density at radius 2 is 1.85 bits per heavy atom. The number of fused-ring (bicyclic) bond motifs is 3. The number of hydrogen-bond acceptors (Lipinski definition) is 3. The van der Waals surface area contributed by atoms with E-state index in [4.69, 9.17) is 4.74 Å². The first-order valence-corrected chi connectivity index (χ1v) is 10.2. The maximum Gasteiger partial charge on any atom is 0.313 e. The molecular formula is C22H32O4. The maximum absolute atomic E-state index is 12.4. The Labute approximate surface area is 156 Å². The number of rotatable bonds is 2. The monoisotopic (exact) mass is 360 g/mol. The number of aliphatic carboxylic acids is 1. The quantitative estimate of drug-likeness (QED) is 0.578. The fourth-order valence-electron chi connectivity index (χ4n) is 7.92. The molecule has 2 bridgehead atoms. The molecule has 0 unspecified atom stereocenters. The summed E-state index contributed by atoms with van der Waals surface area (Å²) in [7, 11) is 0. The summed E-state index contributed by atoms with van der Waals surface area (Å²) < 4.78 is 5.54. The van der Waals surface area contributed by atoms with E-state index in [2.05, 4.69) is 13.5 Å². The number of carbonyl (C=O) groups excluding carboxylic acids is 1. The largest absolute Gasteiger partial charge is 0.481 e. The Bertz CT molecular complexity index is 669. The molecule has 0 amide bonds. The Balaban J connectivity index is 1.73. The topological polar surface area (TPSA) is 63.6 Å². The highest BCUT2D eigenvalue weighted by Gasteiger charge is 2.67. The van der Waals surface area contributed by atoms with Gasteiger partial charge in [-0.25, -0.2) is 0 Å². The van der Waals surface area contributed by atoms with Crippen molar-refractivity contribution < 1.29 is 19.4 Å². The number of allylic oxidation sites excluding steroid dienone is 1. The third-order valence-electron chi connectivity index (χ3n) is 8.98. The van der Waals surface area contributed by atoms with Crippen LogP contribution in [0, 0.1) is 34.0 Å². The van der Waals surface area contributed by atoms with Gasteiger partial charge in [0, 0.05) is 6.92 Å². The van der Waals surface area contributed by atoms with E-state index in [-0.39, 0.29) is 17.3 Å². The molecule has 1 spiro atoms. The van der Waals surface area contributed by atoms with Crippen LogP contribution in [0.15, 0.2) is 12.2 Å². The van der Waals surface area contributed by atoms with Gasteiger partial charge in [-0.15, -0.1) is 0 Å². The zero-order valence-electron chi connectivity index (χ0n) is 16.3. The van der Waals surface area contributed by atoms with Crippen LogP contribution in [0.2, 0.25) is 0 Å². The van der Waals surface area contributed by atoms with Crippen LogP contribution in [0.25, 0.3) is 0 Å². The second-order valence-corrected chi connectivity index (χ2v) is 10.1. The molecule has 0 heterocycles. The Hall–Kier alpha value is -1.32. The first-order valence-electron chi connectivity index (χ1n) is 10.2. The lowest BCUT2D eigenvalue weighted by molar-refractivity contribution is -0.212. The van der Waals surface area contributed by atoms with Crippen molar-refractivity contribution in [2.75, 3.05) is 0 Å². The molecule has 144 valence electrons. The molecule has 4 rings (SSSR count). The van der Waals surface area contributed by atoms with Gasteiger partial charge in [-0.2, -0.15) is 0 Å². The molecule has 4 aliphatic rings. The van der Waals surface area contributed by atoms with Gasteiger partial charge in [0.25, 0.3) is 0 Å². The van der Waals surface area contributed by atoms with E-state index in [1.54, 1.807) is 0 Å². The third kappa shape index (κ3) is 2.20. The van der Waals surface area contributed by atoms with Crippen LogP contribution in [0.3, 0.4) is 0 Å². The highest BCUT2D eigenvalue weighted by Crippen LogP contribution is 2.72. The molecule has 0 aromatic heterocycles. The van der Waals surface area contributed by atoms with Crippen LogP contribution < -0.4 is 0 Å². The average Bonchev–Trinajstić information content (AvgIpc) is 2.79. The van der Waals surface area contributed by atoms with Gasteiger partial charge in [0.15, 0.2) is 0 Å².